The minimum Gasteiger partial charge on any atom is -0.366 e. The van der Waals surface area contributed by atoms with Gasteiger partial charge in [-0.2, -0.15) is 0 Å². The molecular weight excluding hydrogens is 229 g/mol. The summed E-state index contributed by atoms with van der Waals surface area (Å²) in [5, 5.41) is 0. The van der Waals surface area contributed by atoms with Crippen LogP contribution in [-0.4, -0.2) is 5.91 Å². The van der Waals surface area contributed by atoms with Gasteiger partial charge in [-0.25, -0.2) is 4.39 Å². The van der Waals surface area contributed by atoms with Crippen molar-refractivity contribution in [2.75, 3.05) is 0 Å². The Hall–Kier alpha value is -2.16. The number of rotatable bonds is 4. The van der Waals surface area contributed by atoms with E-state index in [1.54, 1.807) is 24.3 Å². The van der Waals surface area contributed by atoms with Crippen molar-refractivity contribution in [1.29, 1.82) is 0 Å². The van der Waals surface area contributed by atoms with Gasteiger partial charge in [0.05, 0.1) is 0 Å². The van der Waals surface area contributed by atoms with Crippen molar-refractivity contribution < 1.29 is 9.18 Å². The Morgan fingerprint density at radius 1 is 1.00 bits per heavy atom. The van der Waals surface area contributed by atoms with E-state index in [9.17, 15) is 9.18 Å². The Morgan fingerprint density at radius 3 is 2.33 bits per heavy atom. The fraction of sp³-hybridized carbons (Fsp3) is 0.133. The van der Waals surface area contributed by atoms with E-state index in [1.165, 1.54) is 12.1 Å². The zero-order valence-corrected chi connectivity index (χ0v) is 9.90. The SMILES string of the molecule is NC(=O)c1cccc(CCc2ccc(F)cc2)c1. The maximum Gasteiger partial charge on any atom is 0.248 e. The van der Waals surface area contributed by atoms with Crippen LogP contribution in [0.25, 0.3) is 0 Å². The Morgan fingerprint density at radius 2 is 1.67 bits per heavy atom. The van der Waals surface area contributed by atoms with Gasteiger partial charge in [0.1, 0.15) is 5.82 Å². The topological polar surface area (TPSA) is 43.1 Å². The minimum absolute atomic E-state index is 0.227. The molecule has 0 aliphatic carbocycles. The highest BCUT2D eigenvalue weighted by atomic mass is 19.1. The lowest BCUT2D eigenvalue weighted by molar-refractivity contribution is 0.1000. The molecule has 0 spiro atoms. The van der Waals surface area contributed by atoms with Gasteiger partial charge in [-0.3, -0.25) is 4.79 Å². The van der Waals surface area contributed by atoms with Crippen LogP contribution >= 0.6 is 0 Å². The van der Waals surface area contributed by atoms with Crippen molar-refractivity contribution in [3.05, 3.63) is 71.0 Å². The monoisotopic (exact) mass is 243 g/mol. The normalized spacial score (nSPS) is 10.3. The van der Waals surface area contributed by atoms with E-state index < -0.39 is 5.91 Å². The van der Waals surface area contributed by atoms with Crippen molar-refractivity contribution in [3.63, 3.8) is 0 Å². The molecule has 2 nitrogen and oxygen atoms in total. The molecule has 2 aromatic rings. The van der Waals surface area contributed by atoms with Crippen LogP contribution in [0.15, 0.2) is 48.5 Å². The number of primary amides is 1. The van der Waals surface area contributed by atoms with Crippen molar-refractivity contribution in [1.82, 2.24) is 0 Å². The average Bonchev–Trinajstić information content (AvgIpc) is 2.38. The summed E-state index contributed by atoms with van der Waals surface area (Å²) < 4.78 is 12.7. The molecule has 0 fully saturated rings. The number of carbonyl (C=O) groups excluding carboxylic acids is 1. The van der Waals surface area contributed by atoms with E-state index in [2.05, 4.69) is 0 Å². The second-order valence-corrected chi connectivity index (χ2v) is 4.19. The van der Waals surface area contributed by atoms with Gasteiger partial charge in [0, 0.05) is 5.56 Å². The maximum atomic E-state index is 12.7. The van der Waals surface area contributed by atoms with Crippen LogP contribution in [0.2, 0.25) is 0 Å². The molecule has 0 heterocycles. The Labute approximate surface area is 105 Å². The molecule has 0 saturated carbocycles. The molecule has 0 aliphatic heterocycles. The van der Waals surface area contributed by atoms with E-state index >= 15 is 0 Å². The third kappa shape index (κ3) is 3.17. The molecular formula is C15H14FNO. The van der Waals surface area contributed by atoms with Crippen molar-refractivity contribution in [2.24, 2.45) is 5.73 Å². The second-order valence-electron chi connectivity index (χ2n) is 4.19. The highest BCUT2D eigenvalue weighted by molar-refractivity contribution is 5.92. The predicted molar refractivity (Wildman–Crippen MR) is 68.8 cm³/mol. The number of amides is 1. The van der Waals surface area contributed by atoms with E-state index in [1.807, 2.05) is 12.1 Å². The van der Waals surface area contributed by atoms with Gasteiger partial charge >= 0.3 is 0 Å². The van der Waals surface area contributed by atoms with Crippen molar-refractivity contribution >= 4 is 5.91 Å². The first kappa shape index (κ1) is 12.3. The highest BCUT2D eigenvalue weighted by Gasteiger charge is 2.02. The van der Waals surface area contributed by atoms with Crippen LogP contribution in [0.4, 0.5) is 4.39 Å². The molecule has 0 bridgehead atoms. The fourth-order valence-corrected chi connectivity index (χ4v) is 1.82. The molecule has 3 heteroatoms. The maximum absolute atomic E-state index is 12.7. The number of aryl methyl sites for hydroxylation is 2. The van der Waals surface area contributed by atoms with Gasteiger partial charge in [0.2, 0.25) is 5.91 Å². The summed E-state index contributed by atoms with van der Waals surface area (Å²) in [5.41, 5.74) is 7.87. The predicted octanol–water partition coefficient (Wildman–Crippen LogP) is 2.71. The molecule has 0 atom stereocenters. The van der Waals surface area contributed by atoms with Crippen LogP contribution < -0.4 is 5.73 Å². The van der Waals surface area contributed by atoms with E-state index in [0.29, 0.717) is 5.56 Å². The minimum atomic E-state index is -0.418. The van der Waals surface area contributed by atoms with E-state index in [0.717, 1.165) is 24.0 Å². The molecule has 2 aromatic carbocycles. The Bertz CT molecular complexity index is 549. The van der Waals surface area contributed by atoms with Gasteiger partial charge in [0.15, 0.2) is 0 Å². The van der Waals surface area contributed by atoms with Crippen LogP contribution in [0.5, 0.6) is 0 Å². The van der Waals surface area contributed by atoms with Crippen LogP contribution in [0.3, 0.4) is 0 Å². The second kappa shape index (κ2) is 5.45. The largest absolute Gasteiger partial charge is 0.366 e. The lowest BCUT2D eigenvalue weighted by Crippen LogP contribution is -2.11. The molecule has 0 saturated heterocycles. The molecule has 2 N–H and O–H groups in total. The summed E-state index contributed by atoms with van der Waals surface area (Å²) in [7, 11) is 0. The number of hydrogen-bond donors (Lipinski definition) is 1. The number of benzene rings is 2. The Kier molecular flexibility index (Phi) is 3.72. The number of nitrogens with two attached hydrogens (primary N) is 1. The van der Waals surface area contributed by atoms with E-state index in [4.69, 9.17) is 5.73 Å². The third-order valence-corrected chi connectivity index (χ3v) is 2.83. The number of halogens is 1. The van der Waals surface area contributed by atoms with Crippen molar-refractivity contribution in [2.45, 2.75) is 12.8 Å². The number of hydrogen-bond acceptors (Lipinski definition) is 1. The summed E-state index contributed by atoms with van der Waals surface area (Å²) in [5.74, 6) is -0.645. The summed E-state index contributed by atoms with van der Waals surface area (Å²) in [6.45, 7) is 0. The quantitative estimate of drug-likeness (QED) is 0.881. The standard InChI is InChI=1S/C15H14FNO/c16-14-8-6-11(7-9-14)4-5-12-2-1-3-13(10-12)15(17)18/h1-3,6-10H,4-5H2,(H2,17,18). The molecule has 92 valence electrons. The molecule has 2 rings (SSSR count). The van der Waals surface area contributed by atoms with Gasteiger partial charge in [-0.15, -0.1) is 0 Å². The zero-order valence-electron chi connectivity index (χ0n) is 9.90. The molecule has 0 aliphatic rings. The third-order valence-electron chi connectivity index (χ3n) is 2.83. The van der Waals surface area contributed by atoms with Crippen LogP contribution in [0.1, 0.15) is 21.5 Å². The van der Waals surface area contributed by atoms with Gasteiger partial charge in [0.25, 0.3) is 0 Å². The smallest absolute Gasteiger partial charge is 0.248 e. The number of carbonyl (C=O) groups is 1. The zero-order chi connectivity index (χ0) is 13.0. The van der Waals surface area contributed by atoms with Gasteiger partial charge in [-0.1, -0.05) is 24.3 Å². The Balaban J connectivity index is 2.04. The molecule has 18 heavy (non-hydrogen) atoms. The molecule has 1 amide bonds. The van der Waals surface area contributed by atoms with Crippen molar-refractivity contribution in [3.8, 4) is 0 Å². The first-order valence-electron chi connectivity index (χ1n) is 5.78. The molecule has 0 unspecified atom stereocenters. The van der Waals surface area contributed by atoms with Gasteiger partial charge < -0.3 is 5.73 Å². The first-order chi connectivity index (χ1) is 8.65. The van der Waals surface area contributed by atoms with E-state index in [-0.39, 0.29) is 5.82 Å². The van der Waals surface area contributed by atoms with Crippen LogP contribution in [-0.2, 0) is 12.8 Å². The lowest BCUT2D eigenvalue weighted by Gasteiger charge is -2.04. The summed E-state index contributed by atoms with van der Waals surface area (Å²) in [4.78, 5) is 11.0. The summed E-state index contributed by atoms with van der Waals surface area (Å²) in [6.07, 6.45) is 1.61. The average molecular weight is 243 g/mol. The molecule has 0 aromatic heterocycles. The molecule has 0 radical (unpaired) electrons. The fourth-order valence-electron chi connectivity index (χ4n) is 1.82. The van der Waals surface area contributed by atoms with Crippen LogP contribution in [0, 0.1) is 5.82 Å². The summed E-state index contributed by atoms with van der Waals surface area (Å²) in [6, 6.07) is 13.7. The van der Waals surface area contributed by atoms with Gasteiger partial charge in [-0.05, 0) is 48.2 Å². The first-order valence-corrected chi connectivity index (χ1v) is 5.78. The summed E-state index contributed by atoms with van der Waals surface area (Å²) >= 11 is 0. The lowest BCUT2D eigenvalue weighted by atomic mass is 10.0. The highest BCUT2D eigenvalue weighted by Crippen LogP contribution is 2.10.